The van der Waals surface area contributed by atoms with E-state index in [4.69, 9.17) is 4.74 Å². The molecule has 0 saturated carbocycles. The van der Waals surface area contributed by atoms with Gasteiger partial charge in [-0.3, -0.25) is 9.59 Å². The van der Waals surface area contributed by atoms with Gasteiger partial charge in [0.15, 0.2) is 6.10 Å². The molecule has 1 aromatic heterocycles. The van der Waals surface area contributed by atoms with Crippen LogP contribution in [-0.4, -0.2) is 70.9 Å². The van der Waals surface area contributed by atoms with Crippen LogP contribution in [0, 0.1) is 5.82 Å². The van der Waals surface area contributed by atoms with Gasteiger partial charge < -0.3 is 14.5 Å². The molecule has 0 bridgehead atoms. The largest absolute Gasteiger partial charge is 0.367 e. The normalized spacial score (nSPS) is 11.9. The van der Waals surface area contributed by atoms with Gasteiger partial charge in [-0.2, -0.15) is 0 Å². The molecule has 2 aromatic rings. The van der Waals surface area contributed by atoms with E-state index in [1.807, 2.05) is 0 Å². The van der Waals surface area contributed by atoms with Crippen LogP contribution in [0.1, 0.15) is 28.6 Å². The van der Waals surface area contributed by atoms with Crippen molar-refractivity contribution in [2.45, 2.75) is 12.5 Å². The number of hydrogen-bond acceptors (Lipinski definition) is 5. The number of rotatable bonds is 8. The fourth-order valence-electron chi connectivity index (χ4n) is 2.65. The second kappa shape index (κ2) is 9.22. The van der Waals surface area contributed by atoms with Gasteiger partial charge in [0.25, 0.3) is 11.8 Å². The summed E-state index contributed by atoms with van der Waals surface area (Å²) in [5.74, 6) is -0.780. The standard InChI is InChI=1S/C18H24FN5O3/c1-22(17(25)15-12-20-21-24(15)3)10-5-11-23(2)18(26)16(27-4)13-6-8-14(19)9-7-13/h6-9,12,16H,5,10-11H2,1-4H3. The number of likely N-dealkylation sites (N-methyl/N-ethyl adjacent to an activating group) is 1. The van der Waals surface area contributed by atoms with Crippen LogP contribution in [0.4, 0.5) is 4.39 Å². The predicted molar refractivity (Wildman–Crippen MR) is 96.4 cm³/mol. The van der Waals surface area contributed by atoms with Crippen molar-refractivity contribution >= 4 is 11.8 Å². The molecule has 8 nitrogen and oxygen atoms in total. The van der Waals surface area contributed by atoms with Crippen LogP contribution in [0.5, 0.6) is 0 Å². The number of carbonyl (C=O) groups excluding carboxylic acids is 2. The molecule has 0 aliphatic rings. The number of carbonyl (C=O) groups is 2. The van der Waals surface area contributed by atoms with Crippen LogP contribution in [0.2, 0.25) is 0 Å². The number of nitrogens with zero attached hydrogens (tertiary/aromatic N) is 5. The monoisotopic (exact) mass is 377 g/mol. The average molecular weight is 377 g/mol. The van der Waals surface area contributed by atoms with E-state index in [2.05, 4.69) is 10.3 Å². The van der Waals surface area contributed by atoms with Crippen molar-refractivity contribution in [1.82, 2.24) is 24.8 Å². The smallest absolute Gasteiger partial charge is 0.273 e. The molecule has 2 rings (SSSR count). The van der Waals surface area contributed by atoms with Gasteiger partial charge in [-0.05, 0) is 24.1 Å². The summed E-state index contributed by atoms with van der Waals surface area (Å²) in [4.78, 5) is 28.0. The van der Waals surface area contributed by atoms with Crippen molar-refractivity contribution in [3.63, 3.8) is 0 Å². The molecule has 0 fully saturated rings. The van der Waals surface area contributed by atoms with E-state index in [9.17, 15) is 14.0 Å². The van der Waals surface area contributed by atoms with Gasteiger partial charge in [-0.15, -0.1) is 5.10 Å². The van der Waals surface area contributed by atoms with E-state index in [1.165, 1.54) is 42.3 Å². The van der Waals surface area contributed by atoms with Crippen LogP contribution in [0.3, 0.4) is 0 Å². The zero-order valence-corrected chi connectivity index (χ0v) is 15.9. The molecular weight excluding hydrogens is 353 g/mol. The Morgan fingerprint density at radius 1 is 1.19 bits per heavy atom. The summed E-state index contributed by atoms with van der Waals surface area (Å²) in [7, 11) is 6.45. The van der Waals surface area contributed by atoms with Crippen LogP contribution in [-0.2, 0) is 16.6 Å². The summed E-state index contributed by atoms with van der Waals surface area (Å²) in [6, 6.07) is 5.65. The molecule has 1 heterocycles. The molecular formula is C18H24FN5O3. The van der Waals surface area contributed by atoms with E-state index in [0.29, 0.717) is 30.8 Å². The molecule has 9 heteroatoms. The number of amides is 2. The van der Waals surface area contributed by atoms with Gasteiger partial charge >= 0.3 is 0 Å². The summed E-state index contributed by atoms with van der Waals surface area (Å²) < 4.78 is 19.8. The van der Waals surface area contributed by atoms with Crippen LogP contribution in [0.15, 0.2) is 30.5 Å². The van der Waals surface area contributed by atoms with Crippen molar-refractivity contribution < 1.29 is 18.7 Å². The first-order valence-electron chi connectivity index (χ1n) is 8.48. The van der Waals surface area contributed by atoms with Gasteiger partial charge in [0.2, 0.25) is 0 Å². The molecule has 0 radical (unpaired) electrons. The Bertz CT molecular complexity index is 778. The number of halogens is 1. The third-order valence-electron chi connectivity index (χ3n) is 4.28. The van der Waals surface area contributed by atoms with Gasteiger partial charge in [0, 0.05) is 41.3 Å². The highest BCUT2D eigenvalue weighted by atomic mass is 19.1. The quantitative estimate of drug-likeness (QED) is 0.692. The molecule has 0 N–H and O–H groups in total. The second-order valence-electron chi connectivity index (χ2n) is 6.25. The van der Waals surface area contributed by atoms with Crippen molar-refractivity contribution in [3.8, 4) is 0 Å². The number of aromatic nitrogens is 3. The first-order chi connectivity index (χ1) is 12.8. The predicted octanol–water partition coefficient (Wildman–Crippen LogP) is 1.26. The van der Waals surface area contributed by atoms with Gasteiger partial charge in [0.1, 0.15) is 11.5 Å². The molecule has 146 valence electrons. The SMILES string of the molecule is COC(C(=O)N(C)CCCN(C)C(=O)c1cnnn1C)c1ccc(F)cc1. The molecule has 1 unspecified atom stereocenters. The Hall–Kier alpha value is -2.81. The number of hydrogen-bond donors (Lipinski definition) is 0. The Balaban J connectivity index is 1.87. The fourth-order valence-corrected chi connectivity index (χ4v) is 2.65. The van der Waals surface area contributed by atoms with Crippen molar-refractivity contribution in [2.24, 2.45) is 7.05 Å². The zero-order chi connectivity index (χ0) is 20.0. The number of methoxy groups -OCH3 is 1. The van der Waals surface area contributed by atoms with Gasteiger partial charge in [0.05, 0.1) is 6.20 Å². The molecule has 0 spiro atoms. The third-order valence-corrected chi connectivity index (χ3v) is 4.28. The fraction of sp³-hybridized carbons (Fsp3) is 0.444. The molecule has 1 aromatic carbocycles. The maximum Gasteiger partial charge on any atom is 0.273 e. The number of ether oxygens (including phenoxy) is 1. The minimum absolute atomic E-state index is 0.183. The third kappa shape index (κ3) is 5.10. The van der Waals surface area contributed by atoms with Crippen molar-refractivity contribution in [3.05, 3.63) is 47.5 Å². The highest BCUT2D eigenvalue weighted by Gasteiger charge is 2.24. The van der Waals surface area contributed by atoms with Crippen molar-refractivity contribution in [1.29, 1.82) is 0 Å². The Morgan fingerprint density at radius 3 is 2.37 bits per heavy atom. The van der Waals surface area contributed by atoms with Crippen LogP contribution in [0.25, 0.3) is 0 Å². The molecule has 27 heavy (non-hydrogen) atoms. The van der Waals surface area contributed by atoms with E-state index >= 15 is 0 Å². The zero-order valence-electron chi connectivity index (χ0n) is 15.9. The van der Waals surface area contributed by atoms with Gasteiger partial charge in [-0.25, -0.2) is 9.07 Å². The molecule has 0 aliphatic heterocycles. The first-order valence-corrected chi connectivity index (χ1v) is 8.48. The van der Waals surface area contributed by atoms with E-state index in [1.54, 1.807) is 30.9 Å². The van der Waals surface area contributed by atoms with E-state index in [0.717, 1.165) is 0 Å². The topological polar surface area (TPSA) is 80.6 Å². The van der Waals surface area contributed by atoms with Crippen LogP contribution >= 0.6 is 0 Å². The van der Waals surface area contributed by atoms with E-state index in [-0.39, 0.29) is 17.6 Å². The van der Waals surface area contributed by atoms with Crippen LogP contribution < -0.4 is 0 Å². The number of aryl methyl sites for hydroxylation is 1. The molecule has 1 atom stereocenters. The summed E-state index contributed by atoms with van der Waals surface area (Å²) in [6.07, 6.45) is 1.21. The lowest BCUT2D eigenvalue weighted by molar-refractivity contribution is -0.141. The summed E-state index contributed by atoms with van der Waals surface area (Å²) in [5, 5.41) is 7.44. The van der Waals surface area contributed by atoms with Gasteiger partial charge in [-0.1, -0.05) is 17.3 Å². The average Bonchev–Trinajstić information content (AvgIpc) is 3.08. The Kier molecular flexibility index (Phi) is 7.00. The summed E-state index contributed by atoms with van der Waals surface area (Å²) in [6.45, 7) is 0.914. The lowest BCUT2D eigenvalue weighted by Gasteiger charge is -2.24. The highest BCUT2D eigenvalue weighted by molar-refractivity contribution is 5.92. The lowest BCUT2D eigenvalue weighted by Crippen LogP contribution is -2.36. The summed E-state index contributed by atoms with van der Waals surface area (Å²) >= 11 is 0. The molecule has 0 saturated heterocycles. The van der Waals surface area contributed by atoms with Crippen molar-refractivity contribution in [2.75, 3.05) is 34.3 Å². The van der Waals surface area contributed by atoms with E-state index < -0.39 is 6.10 Å². The summed E-state index contributed by atoms with van der Waals surface area (Å²) in [5.41, 5.74) is 0.990. The second-order valence-corrected chi connectivity index (χ2v) is 6.25. The minimum Gasteiger partial charge on any atom is -0.367 e. The molecule has 2 amide bonds. The maximum atomic E-state index is 13.1. The highest BCUT2D eigenvalue weighted by Crippen LogP contribution is 2.19. The first kappa shape index (κ1) is 20.5. The number of benzene rings is 1. The Labute approximate surface area is 157 Å². The minimum atomic E-state index is -0.796. The lowest BCUT2D eigenvalue weighted by atomic mass is 10.1. The maximum absolute atomic E-state index is 13.1. The Morgan fingerprint density at radius 2 is 1.81 bits per heavy atom. The molecule has 0 aliphatic carbocycles.